The van der Waals surface area contributed by atoms with E-state index >= 15 is 0 Å². The van der Waals surface area contributed by atoms with Crippen LogP contribution in [0.1, 0.15) is 48.1 Å². The Balaban J connectivity index is 1.99. The second kappa shape index (κ2) is 9.66. The molecule has 0 radical (unpaired) electrons. The van der Waals surface area contributed by atoms with Crippen LogP contribution >= 0.6 is 0 Å². The van der Waals surface area contributed by atoms with E-state index in [0.29, 0.717) is 28.3 Å². The fourth-order valence-electron chi connectivity index (χ4n) is 4.55. The van der Waals surface area contributed by atoms with Crippen molar-refractivity contribution in [1.29, 1.82) is 0 Å². The van der Waals surface area contributed by atoms with Gasteiger partial charge >= 0.3 is 0 Å². The minimum atomic E-state index is -0.863. The topological polar surface area (TPSA) is 76.1 Å². The zero-order valence-corrected chi connectivity index (χ0v) is 20.5. The molecule has 1 aliphatic rings. The average molecular weight is 472 g/mol. The van der Waals surface area contributed by atoms with E-state index in [1.807, 2.05) is 51.1 Å². The summed E-state index contributed by atoms with van der Waals surface area (Å²) >= 11 is 0. The maximum atomic E-state index is 13.4. The molecule has 3 aromatic rings. The minimum Gasteiger partial charge on any atom is -0.507 e. The molecule has 1 unspecified atom stereocenters. The van der Waals surface area contributed by atoms with Crippen molar-refractivity contribution in [2.45, 2.75) is 32.7 Å². The Morgan fingerprint density at radius 3 is 2.29 bits per heavy atom. The molecule has 6 nitrogen and oxygen atoms in total. The number of nitrogens with zero attached hydrogens (tertiary/aromatic N) is 1. The van der Waals surface area contributed by atoms with Gasteiger partial charge in [-0.05, 0) is 60.4 Å². The molecule has 1 saturated heterocycles. The van der Waals surface area contributed by atoms with Crippen molar-refractivity contribution in [3.8, 4) is 11.5 Å². The Morgan fingerprint density at radius 1 is 0.914 bits per heavy atom. The fourth-order valence-corrected chi connectivity index (χ4v) is 4.55. The molecular formula is C29H29NO5. The number of aryl methyl sites for hydroxylation is 1. The van der Waals surface area contributed by atoms with Gasteiger partial charge in [-0.3, -0.25) is 14.5 Å². The highest BCUT2D eigenvalue weighted by atomic mass is 16.5. The van der Waals surface area contributed by atoms with Crippen LogP contribution in [-0.4, -0.2) is 31.0 Å². The van der Waals surface area contributed by atoms with Crippen LogP contribution in [0.5, 0.6) is 11.5 Å². The molecule has 1 amide bonds. The van der Waals surface area contributed by atoms with Gasteiger partial charge in [0, 0.05) is 16.8 Å². The van der Waals surface area contributed by atoms with Gasteiger partial charge in [0.15, 0.2) is 0 Å². The SMILES string of the molecule is COc1ccc(/C(O)=C2\C(=O)C(=O)N(c3cccc(C)c3)C2c2ccccc2OC)cc1C(C)C. The predicted molar refractivity (Wildman–Crippen MR) is 136 cm³/mol. The monoisotopic (exact) mass is 471 g/mol. The Kier molecular flexibility index (Phi) is 6.65. The summed E-state index contributed by atoms with van der Waals surface area (Å²) in [7, 11) is 3.13. The van der Waals surface area contributed by atoms with E-state index in [9.17, 15) is 14.7 Å². The van der Waals surface area contributed by atoms with E-state index < -0.39 is 17.7 Å². The van der Waals surface area contributed by atoms with Gasteiger partial charge in [-0.2, -0.15) is 0 Å². The third-order valence-electron chi connectivity index (χ3n) is 6.28. The van der Waals surface area contributed by atoms with Crippen molar-refractivity contribution in [1.82, 2.24) is 0 Å². The molecule has 0 bridgehead atoms. The smallest absolute Gasteiger partial charge is 0.300 e. The van der Waals surface area contributed by atoms with Gasteiger partial charge in [0.1, 0.15) is 17.3 Å². The number of ketones is 1. The molecule has 0 spiro atoms. The summed E-state index contributed by atoms with van der Waals surface area (Å²) < 4.78 is 11.0. The second-order valence-corrected chi connectivity index (χ2v) is 8.86. The number of ether oxygens (including phenoxy) is 2. The molecule has 180 valence electrons. The van der Waals surface area contributed by atoms with Gasteiger partial charge in [0.2, 0.25) is 0 Å². The molecular weight excluding hydrogens is 442 g/mol. The van der Waals surface area contributed by atoms with Crippen molar-refractivity contribution in [2.75, 3.05) is 19.1 Å². The molecule has 0 aliphatic carbocycles. The summed E-state index contributed by atoms with van der Waals surface area (Å²) in [5.41, 5.74) is 3.46. The maximum absolute atomic E-state index is 13.4. The molecule has 1 fully saturated rings. The summed E-state index contributed by atoms with van der Waals surface area (Å²) in [4.78, 5) is 28.3. The number of aliphatic hydroxyl groups is 1. The van der Waals surface area contributed by atoms with Crippen molar-refractivity contribution in [3.05, 3.63) is 94.6 Å². The van der Waals surface area contributed by atoms with Crippen LogP contribution in [-0.2, 0) is 9.59 Å². The van der Waals surface area contributed by atoms with Crippen LogP contribution in [0, 0.1) is 6.92 Å². The lowest BCUT2D eigenvalue weighted by atomic mass is 9.92. The normalized spacial score (nSPS) is 17.2. The number of amides is 1. The number of rotatable bonds is 6. The maximum Gasteiger partial charge on any atom is 0.300 e. The van der Waals surface area contributed by atoms with Crippen LogP contribution in [0.2, 0.25) is 0 Å². The van der Waals surface area contributed by atoms with Crippen LogP contribution in [0.15, 0.2) is 72.3 Å². The highest BCUT2D eigenvalue weighted by molar-refractivity contribution is 6.51. The number of benzene rings is 3. The van der Waals surface area contributed by atoms with Crippen LogP contribution in [0.25, 0.3) is 5.76 Å². The van der Waals surface area contributed by atoms with Crippen molar-refractivity contribution in [2.24, 2.45) is 0 Å². The Bertz CT molecular complexity index is 1320. The number of carbonyl (C=O) groups is 2. The number of carbonyl (C=O) groups excluding carboxylic acids is 2. The van der Waals surface area contributed by atoms with Gasteiger partial charge < -0.3 is 14.6 Å². The van der Waals surface area contributed by atoms with Crippen molar-refractivity contribution < 1.29 is 24.2 Å². The Hall–Kier alpha value is -4.06. The molecule has 0 aromatic heterocycles. The first-order valence-electron chi connectivity index (χ1n) is 11.5. The number of hydrogen-bond acceptors (Lipinski definition) is 5. The molecule has 6 heteroatoms. The zero-order valence-electron chi connectivity index (χ0n) is 20.5. The Labute approximate surface area is 205 Å². The summed E-state index contributed by atoms with van der Waals surface area (Å²) in [5, 5.41) is 11.5. The van der Waals surface area contributed by atoms with E-state index in [4.69, 9.17) is 9.47 Å². The molecule has 1 atom stereocenters. The van der Waals surface area contributed by atoms with Crippen LogP contribution < -0.4 is 14.4 Å². The van der Waals surface area contributed by atoms with Crippen molar-refractivity contribution in [3.63, 3.8) is 0 Å². The summed E-state index contributed by atoms with van der Waals surface area (Å²) in [6.07, 6.45) is 0. The van der Waals surface area contributed by atoms with Gasteiger partial charge in [0.25, 0.3) is 11.7 Å². The summed E-state index contributed by atoms with van der Waals surface area (Å²) in [6, 6.07) is 19.0. The summed E-state index contributed by atoms with van der Waals surface area (Å²) in [6.45, 7) is 5.96. The lowest BCUT2D eigenvalue weighted by Crippen LogP contribution is -2.29. The average Bonchev–Trinajstić information content (AvgIpc) is 3.13. The molecule has 1 heterocycles. The molecule has 35 heavy (non-hydrogen) atoms. The second-order valence-electron chi connectivity index (χ2n) is 8.86. The van der Waals surface area contributed by atoms with Crippen molar-refractivity contribution >= 4 is 23.1 Å². The summed E-state index contributed by atoms with van der Waals surface area (Å²) in [5.74, 6) is -0.359. The van der Waals surface area contributed by atoms with E-state index in [1.54, 1.807) is 43.5 Å². The largest absolute Gasteiger partial charge is 0.507 e. The lowest BCUT2D eigenvalue weighted by Gasteiger charge is -2.27. The third-order valence-corrected chi connectivity index (χ3v) is 6.28. The highest BCUT2D eigenvalue weighted by Gasteiger charge is 2.48. The van der Waals surface area contributed by atoms with Gasteiger partial charge in [-0.15, -0.1) is 0 Å². The van der Waals surface area contributed by atoms with Crippen LogP contribution in [0.4, 0.5) is 5.69 Å². The lowest BCUT2D eigenvalue weighted by molar-refractivity contribution is -0.132. The number of methoxy groups -OCH3 is 2. The molecule has 1 aliphatic heterocycles. The standard InChI is InChI=1S/C29H29NO5/c1-17(2)22-16-19(13-14-24(22)35-5)27(31)25-26(21-11-6-7-12-23(21)34-4)30(29(33)28(25)32)20-10-8-9-18(3)15-20/h6-17,26,31H,1-5H3/b27-25+. The highest BCUT2D eigenvalue weighted by Crippen LogP contribution is 2.45. The Morgan fingerprint density at radius 2 is 1.63 bits per heavy atom. The quantitative estimate of drug-likeness (QED) is 0.281. The van der Waals surface area contributed by atoms with Crippen LogP contribution in [0.3, 0.4) is 0 Å². The van der Waals surface area contributed by atoms with Gasteiger partial charge in [0.05, 0.1) is 25.8 Å². The predicted octanol–water partition coefficient (Wildman–Crippen LogP) is 5.76. The van der Waals surface area contributed by atoms with E-state index in [2.05, 4.69) is 0 Å². The minimum absolute atomic E-state index is 0.0147. The van der Waals surface area contributed by atoms with Gasteiger partial charge in [-0.1, -0.05) is 44.2 Å². The molecule has 0 saturated carbocycles. The first-order valence-corrected chi connectivity index (χ1v) is 11.5. The van der Waals surface area contributed by atoms with E-state index in [-0.39, 0.29) is 17.3 Å². The first kappa shape index (κ1) is 24.1. The van der Waals surface area contributed by atoms with E-state index in [1.165, 1.54) is 12.0 Å². The zero-order chi connectivity index (χ0) is 25.3. The molecule has 4 rings (SSSR count). The number of hydrogen-bond donors (Lipinski definition) is 1. The molecule has 1 N–H and O–H groups in total. The van der Waals surface area contributed by atoms with Gasteiger partial charge in [-0.25, -0.2) is 0 Å². The first-order chi connectivity index (χ1) is 16.8. The van der Waals surface area contributed by atoms with E-state index in [0.717, 1.165) is 11.1 Å². The number of aliphatic hydroxyl groups excluding tert-OH is 1. The number of anilines is 1. The fraction of sp³-hybridized carbons (Fsp3) is 0.241. The number of Topliss-reactive ketones (excluding diaryl/α,β-unsaturated/α-hetero) is 1. The number of para-hydroxylation sites is 1. The third kappa shape index (κ3) is 4.28. The molecule has 3 aromatic carbocycles.